The fraction of sp³-hybridized carbons (Fsp3) is 0. The molecule has 96 valence electrons. The Morgan fingerprint density at radius 1 is 1.11 bits per heavy atom. The second-order valence-corrected chi connectivity index (χ2v) is 4.33. The van der Waals surface area contributed by atoms with Gasteiger partial charge in [0.15, 0.2) is 5.78 Å². The molecule has 0 aliphatic rings. The first kappa shape index (κ1) is 13.2. The van der Waals surface area contributed by atoms with Gasteiger partial charge in [-0.05, 0) is 42.0 Å². The molecule has 19 heavy (non-hydrogen) atoms. The summed E-state index contributed by atoms with van der Waals surface area (Å²) in [6, 6.07) is 10.9. The minimum Gasteiger partial charge on any atom is -0.508 e. The van der Waals surface area contributed by atoms with Crippen LogP contribution in [0.25, 0.3) is 6.08 Å². The van der Waals surface area contributed by atoms with Crippen molar-refractivity contribution in [1.29, 1.82) is 0 Å². The third-order valence-corrected chi connectivity index (χ3v) is 2.91. The summed E-state index contributed by atoms with van der Waals surface area (Å²) in [7, 11) is 0. The maximum absolute atomic E-state index is 11.9. The molecular weight excluding hydrogens is 264 g/mol. The lowest BCUT2D eigenvalue weighted by Crippen LogP contribution is -1.94. The van der Waals surface area contributed by atoms with Crippen LogP contribution in [0.2, 0.25) is 5.02 Å². The molecule has 0 aromatic heterocycles. The van der Waals surface area contributed by atoms with E-state index in [4.69, 9.17) is 11.6 Å². The molecule has 0 unspecified atom stereocenters. The second kappa shape index (κ2) is 5.59. The molecule has 4 heteroatoms. The van der Waals surface area contributed by atoms with Gasteiger partial charge in [-0.1, -0.05) is 29.8 Å². The van der Waals surface area contributed by atoms with Gasteiger partial charge in [0.25, 0.3) is 0 Å². The van der Waals surface area contributed by atoms with Gasteiger partial charge >= 0.3 is 0 Å². The van der Waals surface area contributed by atoms with E-state index in [1.807, 2.05) is 6.07 Å². The van der Waals surface area contributed by atoms with Crippen molar-refractivity contribution in [2.45, 2.75) is 0 Å². The molecule has 2 N–H and O–H groups in total. The number of carbonyl (C=O) groups is 1. The maximum Gasteiger partial charge on any atom is 0.189 e. The average molecular weight is 275 g/mol. The van der Waals surface area contributed by atoms with Gasteiger partial charge in [0, 0.05) is 5.02 Å². The zero-order chi connectivity index (χ0) is 13.8. The Hall–Kier alpha value is -2.26. The first-order valence-electron chi connectivity index (χ1n) is 5.57. The Labute approximate surface area is 115 Å². The number of benzene rings is 2. The first-order chi connectivity index (χ1) is 9.08. The van der Waals surface area contributed by atoms with E-state index in [0.717, 1.165) is 0 Å². The highest BCUT2D eigenvalue weighted by molar-refractivity contribution is 6.32. The summed E-state index contributed by atoms with van der Waals surface area (Å²) in [4.78, 5) is 11.9. The minimum atomic E-state index is -0.409. The Morgan fingerprint density at radius 3 is 2.58 bits per heavy atom. The summed E-state index contributed by atoms with van der Waals surface area (Å²) < 4.78 is 0. The van der Waals surface area contributed by atoms with Gasteiger partial charge in [0.05, 0.1) is 5.56 Å². The third-order valence-electron chi connectivity index (χ3n) is 2.57. The number of allylic oxidation sites excluding steroid dienone is 1. The Kier molecular flexibility index (Phi) is 3.88. The van der Waals surface area contributed by atoms with Gasteiger partial charge in [-0.3, -0.25) is 4.79 Å². The van der Waals surface area contributed by atoms with Gasteiger partial charge in [0.1, 0.15) is 11.5 Å². The highest BCUT2D eigenvalue weighted by atomic mass is 35.5. The molecule has 0 fully saturated rings. The van der Waals surface area contributed by atoms with Crippen LogP contribution < -0.4 is 0 Å². The van der Waals surface area contributed by atoms with Gasteiger partial charge in [-0.25, -0.2) is 0 Å². The van der Waals surface area contributed by atoms with E-state index in [1.54, 1.807) is 24.3 Å². The Bertz CT molecular complexity index is 648. The molecule has 2 aromatic rings. The number of ketones is 1. The van der Waals surface area contributed by atoms with E-state index in [9.17, 15) is 15.0 Å². The topological polar surface area (TPSA) is 57.5 Å². The number of hydrogen-bond acceptors (Lipinski definition) is 3. The number of rotatable bonds is 3. The van der Waals surface area contributed by atoms with Gasteiger partial charge < -0.3 is 10.2 Å². The van der Waals surface area contributed by atoms with E-state index in [0.29, 0.717) is 10.6 Å². The molecule has 0 amide bonds. The van der Waals surface area contributed by atoms with Crippen molar-refractivity contribution in [3.63, 3.8) is 0 Å². The van der Waals surface area contributed by atoms with E-state index < -0.39 is 5.78 Å². The summed E-state index contributed by atoms with van der Waals surface area (Å²) in [5.41, 5.74) is 0.750. The first-order valence-corrected chi connectivity index (χ1v) is 5.94. The van der Waals surface area contributed by atoms with Crippen molar-refractivity contribution in [3.8, 4) is 11.5 Å². The summed E-state index contributed by atoms with van der Waals surface area (Å²) in [5, 5.41) is 19.4. The van der Waals surface area contributed by atoms with Crippen LogP contribution in [-0.2, 0) is 0 Å². The van der Waals surface area contributed by atoms with Crippen LogP contribution in [0.3, 0.4) is 0 Å². The third kappa shape index (κ3) is 3.14. The second-order valence-electron chi connectivity index (χ2n) is 3.92. The highest BCUT2D eigenvalue weighted by Gasteiger charge is 2.09. The monoisotopic (exact) mass is 274 g/mol. The number of carbonyl (C=O) groups excluding carboxylic acids is 1. The summed E-state index contributed by atoms with van der Waals surface area (Å²) in [6.07, 6.45) is 2.86. The molecule has 0 saturated carbocycles. The van der Waals surface area contributed by atoms with Crippen LogP contribution in [0, 0.1) is 0 Å². The van der Waals surface area contributed by atoms with E-state index in [1.165, 1.54) is 24.3 Å². The quantitative estimate of drug-likeness (QED) is 0.510. The van der Waals surface area contributed by atoms with Gasteiger partial charge in [0.2, 0.25) is 0 Å². The lowest BCUT2D eigenvalue weighted by atomic mass is 10.1. The molecule has 0 aliphatic heterocycles. The number of aromatic hydroxyl groups is 2. The van der Waals surface area contributed by atoms with Crippen LogP contribution >= 0.6 is 11.6 Å². The van der Waals surface area contributed by atoms with Crippen LogP contribution in [0.4, 0.5) is 0 Å². The fourth-order valence-corrected chi connectivity index (χ4v) is 1.79. The Balaban J connectivity index is 2.26. The number of phenols is 2. The summed E-state index contributed by atoms with van der Waals surface area (Å²) in [5.74, 6) is -0.660. The van der Waals surface area contributed by atoms with Crippen molar-refractivity contribution < 1.29 is 15.0 Å². The molecule has 0 heterocycles. The standard InChI is InChI=1S/C15H11ClO3/c16-13-4-2-1-3-10(13)5-7-14(18)12-9-11(17)6-8-15(12)19/h1-9,17,19H. The summed E-state index contributed by atoms with van der Waals surface area (Å²) >= 11 is 5.96. The molecule has 0 atom stereocenters. The van der Waals surface area contributed by atoms with Crippen molar-refractivity contribution in [3.05, 3.63) is 64.7 Å². The van der Waals surface area contributed by atoms with Crippen molar-refractivity contribution in [2.24, 2.45) is 0 Å². The van der Waals surface area contributed by atoms with Gasteiger partial charge in [-0.2, -0.15) is 0 Å². The molecule has 0 spiro atoms. The molecule has 3 nitrogen and oxygen atoms in total. The number of halogens is 1. The largest absolute Gasteiger partial charge is 0.508 e. The van der Waals surface area contributed by atoms with E-state index in [-0.39, 0.29) is 17.1 Å². The number of hydrogen-bond donors (Lipinski definition) is 2. The van der Waals surface area contributed by atoms with Crippen LogP contribution in [-0.4, -0.2) is 16.0 Å². The molecule has 0 bridgehead atoms. The maximum atomic E-state index is 11.9. The molecule has 2 aromatic carbocycles. The molecule has 0 radical (unpaired) electrons. The van der Waals surface area contributed by atoms with E-state index >= 15 is 0 Å². The lowest BCUT2D eigenvalue weighted by Gasteiger charge is -2.01. The molecule has 0 saturated heterocycles. The SMILES string of the molecule is O=C(C=Cc1ccccc1Cl)c1cc(O)ccc1O. The molecule has 0 aliphatic carbocycles. The molecule has 2 rings (SSSR count). The highest BCUT2D eigenvalue weighted by Crippen LogP contribution is 2.23. The van der Waals surface area contributed by atoms with Gasteiger partial charge in [-0.15, -0.1) is 0 Å². The fourth-order valence-electron chi connectivity index (χ4n) is 1.59. The predicted molar refractivity (Wildman–Crippen MR) is 74.6 cm³/mol. The van der Waals surface area contributed by atoms with Crippen LogP contribution in [0.15, 0.2) is 48.5 Å². The molecular formula is C15H11ClO3. The summed E-state index contributed by atoms with van der Waals surface area (Å²) in [6.45, 7) is 0. The normalized spacial score (nSPS) is 10.8. The van der Waals surface area contributed by atoms with Crippen LogP contribution in [0.1, 0.15) is 15.9 Å². The zero-order valence-electron chi connectivity index (χ0n) is 9.88. The smallest absolute Gasteiger partial charge is 0.189 e. The minimum absolute atomic E-state index is 0.0447. The lowest BCUT2D eigenvalue weighted by molar-refractivity contribution is 0.104. The van der Waals surface area contributed by atoms with Crippen LogP contribution in [0.5, 0.6) is 11.5 Å². The van der Waals surface area contributed by atoms with Crippen molar-refractivity contribution in [1.82, 2.24) is 0 Å². The van der Waals surface area contributed by atoms with Crippen molar-refractivity contribution >= 4 is 23.5 Å². The average Bonchev–Trinajstić information content (AvgIpc) is 2.40. The Morgan fingerprint density at radius 2 is 1.84 bits per heavy atom. The zero-order valence-corrected chi connectivity index (χ0v) is 10.6. The van der Waals surface area contributed by atoms with E-state index in [2.05, 4.69) is 0 Å². The van der Waals surface area contributed by atoms with Crippen molar-refractivity contribution in [2.75, 3.05) is 0 Å². The predicted octanol–water partition coefficient (Wildman–Crippen LogP) is 3.65. The number of phenolic OH excluding ortho intramolecular Hbond substituents is 2.